The van der Waals surface area contributed by atoms with Crippen LogP contribution in [0.5, 0.6) is 0 Å². The molecule has 1 aromatic heterocycles. The maximum absolute atomic E-state index is 12.1. The largest absolute Gasteiger partial charge is 0.343 e. The summed E-state index contributed by atoms with van der Waals surface area (Å²) in [5.41, 5.74) is -0.226. The van der Waals surface area contributed by atoms with Crippen molar-refractivity contribution in [3.05, 3.63) is 10.5 Å². The molecule has 0 bridgehead atoms. The summed E-state index contributed by atoms with van der Waals surface area (Å²) < 4.78 is 1.53. The molecule has 0 spiro atoms. The predicted octanol–water partition coefficient (Wildman–Crippen LogP) is -0.495. The zero-order valence-electron chi connectivity index (χ0n) is 11.0. The highest BCUT2D eigenvalue weighted by molar-refractivity contribution is 7.99. The average Bonchev–Trinajstić information content (AvgIpc) is 2.63. The third kappa shape index (κ3) is 3.60. The van der Waals surface area contributed by atoms with Gasteiger partial charge in [0.1, 0.15) is 0 Å². The average molecular weight is 285 g/mol. The van der Waals surface area contributed by atoms with E-state index in [-0.39, 0.29) is 11.6 Å². The third-order valence-electron chi connectivity index (χ3n) is 3.06. The quantitative estimate of drug-likeness (QED) is 0.729. The minimum atomic E-state index is -0.226. The maximum atomic E-state index is 12.1. The topological polar surface area (TPSA) is 83.0 Å². The van der Waals surface area contributed by atoms with Crippen LogP contribution in [0.25, 0.3) is 0 Å². The van der Waals surface area contributed by atoms with Gasteiger partial charge >= 0.3 is 5.69 Å². The highest BCUT2D eigenvalue weighted by Gasteiger charge is 2.17. The summed E-state index contributed by atoms with van der Waals surface area (Å²) in [4.78, 5) is 25.3. The van der Waals surface area contributed by atoms with Crippen molar-refractivity contribution >= 4 is 17.7 Å². The Kier molecular flexibility index (Phi) is 5.03. The number of H-pyrrole nitrogens is 1. The lowest BCUT2D eigenvalue weighted by molar-refractivity contribution is -0.128. The first-order valence-electron chi connectivity index (χ1n) is 6.49. The number of hydrogen-bond acceptors (Lipinski definition) is 5. The van der Waals surface area contributed by atoms with Gasteiger partial charge in [0.05, 0.1) is 5.75 Å². The van der Waals surface area contributed by atoms with Crippen LogP contribution in [0.2, 0.25) is 0 Å². The molecular formula is C11H19N5O2S. The van der Waals surface area contributed by atoms with E-state index >= 15 is 0 Å². The first-order chi connectivity index (χ1) is 9.22. The Morgan fingerprint density at radius 1 is 1.42 bits per heavy atom. The van der Waals surface area contributed by atoms with E-state index in [9.17, 15) is 9.59 Å². The molecule has 0 aromatic carbocycles. The molecule has 1 aliphatic rings. The van der Waals surface area contributed by atoms with E-state index in [0.717, 1.165) is 32.6 Å². The predicted molar refractivity (Wildman–Crippen MR) is 73.3 cm³/mol. The molecule has 0 saturated carbocycles. The zero-order valence-corrected chi connectivity index (χ0v) is 11.8. The fourth-order valence-corrected chi connectivity index (χ4v) is 2.92. The maximum Gasteiger partial charge on any atom is 0.343 e. The van der Waals surface area contributed by atoms with Crippen molar-refractivity contribution < 1.29 is 4.79 Å². The second-order valence-electron chi connectivity index (χ2n) is 4.33. The highest BCUT2D eigenvalue weighted by atomic mass is 32.2. The van der Waals surface area contributed by atoms with Gasteiger partial charge in [0.25, 0.3) is 0 Å². The molecule has 8 heteroatoms. The Bertz CT molecular complexity index is 476. The van der Waals surface area contributed by atoms with Crippen LogP contribution in [0.3, 0.4) is 0 Å². The smallest absolute Gasteiger partial charge is 0.341 e. The minimum absolute atomic E-state index is 0.104. The van der Waals surface area contributed by atoms with E-state index in [4.69, 9.17) is 0 Å². The number of amides is 1. The standard InChI is InChI=1S/C11H19N5O2S/c1-2-16-10(18)13-14-11(16)19-8-9(17)15-6-3-4-12-5-7-15/h12H,2-8H2,1H3,(H,13,18). The molecule has 0 radical (unpaired) electrons. The Labute approximate surface area is 115 Å². The van der Waals surface area contributed by atoms with Crippen LogP contribution in [-0.2, 0) is 11.3 Å². The summed E-state index contributed by atoms with van der Waals surface area (Å²) in [5, 5.41) is 10.2. The number of thioether (sulfide) groups is 1. The summed E-state index contributed by atoms with van der Waals surface area (Å²) in [6.07, 6.45) is 0.985. The Morgan fingerprint density at radius 3 is 3.05 bits per heavy atom. The van der Waals surface area contributed by atoms with Crippen molar-refractivity contribution in [2.75, 3.05) is 31.9 Å². The molecule has 0 atom stereocenters. The van der Waals surface area contributed by atoms with E-state index < -0.39 is 0 Å². The van der Waals surface area contributed by atoms with Crippen LogP contribution < -0.4 is 11.0 Å². The van der Waals surface area contributed by atoms with Crippen molar-refractivity contribution in [3.8, 4) is 0 Å². The molecule has 19 heavy (non-hydrogen) atoms. The van der Waals surface area contributed by atoms with Crippen LogP contribution in [-0.4, -0.2) is 57.5 Å². The van der Waals surface area contributed by atoms with Gasteiger partial charge < -0.3 is 10.2 Å². The van der Waals surface area contributed by atoms with Crippen molar-refractivity contribution in [1.82, 2.24) is 25.0 Å². The van der Waals surface area contributed by atoms with Crippen molar-refractivity contribution in [1.29, 1.82) is 0 Å². The normalized spacial score (nSPS) is 16.4. The van der Waals surface area contributed by atoms with Crippen LogP contribution >= 0.6 is 11.8 Å². The van der Waals surface area contributed by atoms with Crippen molar-refractivity contribution in [2.45, 2.75) is 25.0 Å². The first-order valence-corrected chi connectivity index (χ1v) is 7.47. The number of hydrogen-bond donors (Lipinski definition) is 2. The molecule has 1 aromatic rings. The molecule has 2 rings (SSSR count). The molecule has 2 heterocycles. The molecule has 1 saturated heterocycles. The second kappa shape index (κ2) is 6.76. The molecule has 106 valence electrons. The van der Waals surface area contributed by atoms with Gasteiger partial charge in [0.2, 0.25) is 5.91 Å². The SMILES string of the molecule is CCn1c(SCC(=O)N2CCCNCC2)n[nH]c1=O. The first kappa shape index (κ1) is 14.1. The fourth-order valence-electron chi connectivity index (χ4n) is 2.00. The Hall–Kier alpha value is -1.28. The molecule has 7 nitrogen and oxygen atoms in total. The van der Waals surface area contributed by atoms with Gasteiger partial charge in [-0.2, -0.15) is 0 Å². The van der Waals surface area contributed by atoms with Gasteiger partial charge in [-0.25, -0.2) is 9.89 Å². The molecule has 2 N–H and O–H groups in total. The Balaban J connectivity index is 1.90. The number of nitrogens with one attached hydrogen (secondary N) is 2. The molecule has 1 aliphatic heterocycles. The van der Waals surface area contributed by atoms with Gasteiger partial charge in [-0.1, -0.05) is 11.8 Å². The van der Waals surface area contributed by atoms with Gasteiger partial charge in [0.15, 0.2) is 5.16 Å². The van der Waals surface area contributed by atoms with Crippen molar-refractivity contribution in [3.63, 3.8) is 0 Å². The minimum Gasteiger partial charge on any atom is -0.341 e. The summed E-state index contributed by atoms with van der Waals surface area (Å²) in [5.74, 6) is 0.427. The number of rotatable bonds is 4. The third-order valence-corrected chi connectivity index (χ3v) is 4.02. The highest BCUT2D eigenvalue weighted by Crippen LogP contribution is 2.14. The molecule has 1 amide bonds. The molecular weight excluding hydrogens is 266 g/mol. The van der Waals surface area contributed by atoms with Crippen LogP contribution in [0.1, 0.15) is 13.3 Å². The number of carbonyl (C=O) groups is 1. The van der Waals surface area contributed by atoms with Crippen molar-refractivity contribution in [2.24, 2.45) is 0 Å². The van der Waals surface area contributed by atoms with E-state index in [1.807, 2.05) is 11.8 Å². The number of carbonyl (C=O) groups excluding carboxylic acids is 1. The van der Waals surface area contributed by atoms with E-state index in [2.05, 4.69) is 15.5 Å². The molecule has 0 unspecified atom stereocenters. The van der Waals surface area contributed by atoms with Gasteiger partial charge in [-0.05, 0) is 19.9 Å². The Morgan fingerprint density at radius 2 is 2.26 bits per heavy atom. The van der Waals surface area contributed by atoms with E-state index in [1.54, 1.807) is 0 Å². The van der Waals surface area contributed by atoms with Crippen LogP contribution in [0.4, 0.5) is 0 Å². The van der Waals surface area contributed by atoms with Gasteiger partial charge in [-0.15, -0.1) is 5.10 Å². The number of aromatic amines is 1. The van der Waals surface area contributed by atoms with Gasteiger partial charge in [0, 0.05) is 26.2 Å². The van der Waals surface area contributed by atoms with E-state index in [1.165, 1.54) is 16.3 Å². The lowest BCUT2D eigenvalue weighted by Gasteiger charge is -2.19. The molecule has 0 aliphatic carbocycles. The summed E-state index contributed by atoms with van der Waals surface area (Å²) in [6, 6.07) is 0. The number of aromatic nitrogens is 3. The summed E-state index contributed by atoms with van der Waals surface area (Å²) in [6.45, 7) is 5.79. The van der Waals surface area contributed by atoms with Crippen LogP contribution in [0, 0.1) is 0 Å². The fraction of sp³-hybridized carbons (Fsp3) is 0.727. The monoisotopic (exact) mass is 285 g/mol. The second-order valence-corrected chi connectivity index (χ2v) is 5.27. The lowest BCUT2D eigenvalue weighted by atomic mass is 10.4. The molecule has 1 fully saturated rings. The lowest BCUT2D eigenvalue weighted by Crippen LogP contribution is -2.35. The summed E-state index contributed by atoms with van der Waals surface area (Å²) in [7, 11) is 0. The zero-order chi connectivity index (χ0) is 13.7. The summed E-state index contributed by atoms with van der Waals surface area (Å²) >= 11 is 1.31. The van der Waals surface area contributed by atoms with Gasteiger partial charge in [-0.3, -0.25) is 9.36 Å². The number of nitrogens with zero attached hydrogens (tertiary/aromatic N) is 3. The van der Waals surface area contributed by atoms with Crippen LogP contribution in [0.15, 0.2) is 9.95 Å². The van der Waals surface area contributed by atoms with E-state index in [0.29, 0.717) is 17.5 Å².